The number of aryl methyl sites for hydroxylation is 1. The third-order valence-corrected chi connectivity index (χ3v) is 4.42. The number of nitrogens with one attached hydrogen (secondary N) is 4. The van der Waals surface area contributed by atoms with Gasteiger partial charge in [-0.05, 0) is 37.5 Å². The van der Waals surface area contributed by atoms with Gasteiger partial charge < -0.3 is 21.3 Å². The zero-order valence-electron chi connectivity index (χ0n) is 15.5. The van der Waals surface area contributed by atoms with Crippen LogP contribution < -0.4 is 21.3 Å². The zero-order valence-corrected chi connectivity index (χ0v) is 16.3. The molecule has 0 aromatic heterocycles. The highest BCUT2D eigenvalue weighted by molar-refractivity contribution is 5.92. The summed E-state index contributed by atoms with van der Waals surface area (Å²) in [5.41, 5.74) is 1.78. The number of benzene rings is 1. The van der Waals surface area contributed by atoms with Gasteiger partial charge in [0.25, 0.3) is 0 Å². The van der Waals surface area contributed by atoms with Gasteiger partial charge in [0.2, 0.25) is 5.91 Å². The summed E-state index contributed by atoms with van der Waals surface area (Å²) in [5, 5.41) is 11.6. The fourth-order valence-electron chi connectivity index (χ4n) is 3.08. The molecule has 0 atom stereocenters. The number of carbonyl (C=O) groups excluding carboxylic acids is 2. The number of anilines is 1. The number of amides is 3. The molecule has 0 bridgehead atoms. The van der Waals surface area contributed by atoms with Crippen LogP contribution >= 0.6 is 12.4 Å². The van der Waals surface area contributed by atoms with E-state index in [0.717, 1.165) is 12.1 Å². The van der Waals surface area contributed by atoms with Gasteiger partial charge in [-0.3, -0.25) is 4.79 Å². The average molecular weight is 383 g/mol. The van der Waals surface area contributed by atoms with E-state index < -0.39 is 0 Å². The van der Waals surface area contributed by atoms with Crippen molar-refractivity contribution in [3.8, 4) is 0 Å². The van der Waals surface area contributed by atoms with Crippen molar-refractivity contribution < 1.29 is 9.59 Å². The Balaban J connectivity index is 0.00000338. The molecule has 3 amide bonds. The summed E-state index contributed by atoms with van der Waals surface area (Å²) in [7, 11) is 0. The molecule has 7 heteroatoms. The van der Waals surface area contributed by atoms with Crippen molar-refractivity contribution in [3.63, 3.8) is 0 Å². The van der Waals surface area contributed by atoms with Crippen LogP contribution in [0.1, 0.15) is 44.1 Å². The van der Waals surface area contributed by atoms with Gasteiger partial charge in [0.1, 0.15) is 0 Å². The molecule has 0 heterocycles. The average Bonchev–Trinajstić information content (AvgIpc) is 2.86. The first-order chi connectivity index (χ1) is 12.1. The molecule has 1 saturated carbocycles. The van der Waals surface area contributed by atoms with Crippen molar-refractivity contribution in [1.29, 1.82) is 0 Å². The van der Waals surface area contributed by atoms with Crippen molar-refractivity contribution >= 4 is 30.0 Å². The van der Waals surface area contributed by atoms with Crippen LogP contribution in [0.5, 0.6) is 0 Å². The van der Waals surface area contributed by atoms with Gasteiger partial charge in [0, 0.05) is 24.8 Å². The van der Waals surface area contributed by atoms with Crippen LogP contribution in [-0.2, 0) is 4.79 Å². The van der Waals surface area contributed by atoms with Crippen LogP contribution in [0.15, 0.2) is 24.3 Å². The number of hydrogen-bond acceptors (Lipinski definition) is 3. The number of hydrogen-bond donors (Lipinski definition) is 4. The van der Waals surface area contributed by atoms with E-state index in [1.807, 2.05) is 31.2 Å². The third kappa shape index (κ3) is 9.06. The molecule has 0 radical (unpaired) electrons. The molecule has 4 N–H and O–H groups in total. The highest BCUT2D eigenvalue weighted by atomic mass is 35.5. The number of halogens is 1. The van der Waals surface area contributed by atoms with Crippen LogP contribution in [-0.4, -0.2) is 37.6 Å². The van der Waals surface area contributed by atoms with E-state index in [4.69, 9.17) is 0 Å². The smallest absolute Gasteiger partial charge is 0.319 e. The van der Waals surface area contributed by atoms with Crippen molar-refractivity contribution in [1.82, 2.24) is 16.0 Å². The molecule has 1 aromatic rings. The highest BCUT2D eigenvalue weighted by Gasteiger charge is 2.11. The summed E-state index contributed by atoms with van der Waals surface area (Å²) in [6.45, 7) is 3.28. The van der Waals surface area contributed by atoms with E-state index in [-0.39, 0.29) is 30.9 Å². The second-order valence-electron chi connectivity index (χ2n) is 6.67. The van der Waals surface area contributed by atoms with E-state index in [9.17, 15) is 9.59 Å². The molecule has 0 aliphatic heterocycles. The summed E-state index contributed by atoms with van der Waals surface area (Å²) < 4.78 is 0. The Morgan fingerprint density at radius 2 is 1.77 bits per heavy atom. The monoisotopic (exact) mass is 382 g/mol. The minimum Gasteiger partial charge on any atom is -0.353 e. The predicted molar refractivity (Wildman–Crippen MR) is 108 cm³/mol. The van der Waals surface area contributed by atoms with Crippen LogP contribution in [0, 0.1) is 6.92 Å². The molecule has 26 heavy (non-hydrogen) atoms. The molecular weight excluding hydrogens is 352 g/mol. The van der Waals surface area contributed by atoms with Gasteiger partial charge in [-0.2, -0.15) is 0 Å². The molecule has 1 aromatic carbocycles. The topological polar surface area (TPSA) is 82.3 Å². The number of carbonyl (C=O) groups is 2. The summed E-state index contributed by atoms with van der Waals surface area (Å²) in [6, 6.07) is 7.72. The van der Waals surface area contributed by atoms with Gasteiger partial charge in [-0.15, -0.1) is 12.4 Å². The summed E-state index contributed by atoms with van der Waals surface area (Å²) >= 11 is 0. The molecule has 1 aliphatic rings. The van der Waals surface area contributed by atoms with Crippen molar-refractivity contribution in [3.05, 3.63) is 29.8 Å². The van der Waals surface area contributed by atoms with Crippen molar-refractivity contribution in [2.75, 3.05) is 25.0 Å². The van der Waals surface area contributed by atoms with Gasteiger partial charge in [0.15, 0.2) is 0 Å². The molecule has 0 saturated heterocycles. The summed E-state index contributed by atoms with van der Waals surface area (Å²) in [4.78, 5) is 23.6. The van der Waals surface area contributed by atoms with Gasteiger partial charge in [-0.25, -0.2) is 4.79 Å². The second kappa shape index (κ2) is 12.5. The maximum Gasteiger partial charge on any atom is 0.319 e. The molecule has 146 valence electrons. The van der Waals surface area contributed by atoms with Crippen LogP contribution in [0.25, 0.3) is 0 Å². The Morgan fingerprint density at radius 3 is 2.46 bits per heavy atom. The Bertz CT molecular complexity index is 560. The lowest BCUT2D eigenvalue weighted by molar-refractivity contribution is -0.120. The Kier molecular flexibility index (Phi) is 10.7. The fourth-order valence-corrected chi connectivity index (χ4v) is 3.08. The SMILES string of the molecule is Cc1cccc(NC(=O)NCC(=O)NCCNC2CCCCCC2)c1.Cl. The minimum atomic E-state index is -0.377. The lowest BCUT2D eigenvalue weighted by atomic mass is 10.1. The van der Waals surface area contributed by atoms with Crippen LogP contribution in [0.4, 0.5) is 10.5 Å². The lowest BCUT2D eigenvalue weighted by Gasteiger charge is -2.16. The fraction of sp³-hybridized carbons (Fsp3) is 0.579. The molecule has 0 unspecified atom stereocenters. The maximum absolute atomic E-state index is 11.8. The van der Waals surface area contributed by atoms with E-state index in [1.54, 1.807) is 0 Å². The van der Waals surface area contributed by atoms with Crippen molar-refractivity contribution in [2.45, 2.75) is 51.5 Å². The third-order valence-electron chi connectivity index (χ3n) is 4.42. The molecular formula is C19H31ClN4O2. The molecule has 2 rings (SSSR count). The number of urea groups is 1. The first-order valence-corrected chi connectivity index (χ1v) is 9.25. The zero-order chi connectivity index (χ0) is 17.9. The molecule has 0 spiro atoms. The van der Waals surface area contributed by atoms with E-state index in [2.05, 4.69) is 21.3 Å². The van der Waals surface area contributed by atoms with E-state index in [1.165, 1.54) is 38.5 Å². The summed E-state index contributed by atoms with van der Waals surface area (Å²) in [6.07, 6.45) is 7.73. The van der Waals surface area contributed by atoms with Gasteiger partial charge in [-0.1, -0.05) is 37.8 Å². The largest absolute Gasteiger partial charge is 0.353 e. The lowest BCUT2D eigenvalue weighted by Crippen LogP contribution is -2.42. The standard InChI is InChI=1S/C19H30N4O2.ClH/c1-15-7-6-10-17(13-15)23-19(25)22-14-18(24)21-12-11-20-16-8-4-2-3-5-9-16;/h6-7,10,13,16,20H,2-5,8-9,11-12,14H2,1H3,(H,21,24)(H2,22,23,25);1H. The molecule has 6 nitrogen and oxygen atoms in total. The summed E-state index contributed by atoms with van der Waals surface area (Å²) in [5.74, 6) is -0.179. The number of rotatable bonds is 7. The van der Waals surface area contributed by atoms with Crippen LogP contribution in [0.3, 0.4) is 0 Å². The Labute approximate surface area is 162 Å². The van der Waals surface area contributed by atoms with E-state index in [0.29, 0.717) is 18.3 Å². The van der Waals surface area contributed by atoms with Crippen molar-refractivity contribution in [2.24, 2.45) is 0 Å². The normalized spacial score (nSPS) is 14.7. The first kappa shape index (κ1) is 22.3. The second-order valence-corrected chi connectivity index (χ2v) is 6.67. The van der Waals surface area contributed by atoms with Gasteiger partial charge >= 0.3 is 6.03 Å². The van der Waals surface area contributed by atoms with Crippen LogP contribution in [0.2, 0.25) is 0 Å². The first-order valence-electron chi connectivity index (χ1n) is 9.25. The maximum atomic E-state index is 11.8. The minimum absolute atomic E-state index is 0. The molecule has 1 aliphatic carbocycles. The Morgan fingerprint density at radius 1 is 1.04 bits per heavy atom. The predicted octanol–water partition coefficient (Wildman–Crippen LogP) is 2.97. The van der Waals surface area contributed by atoms with Gasteiger partial charge in [0.05, 0.1) is 6.54 Å². The Hall–Kier alpha value is -1.79. The quantitative estimate of drug-likeness (QED) is 0.432. The molecule has 1 fully saturated rings. The highest BCUT2D eigenvalue weighted by Crippen LogP contribution is 2.16. The van der Waals surface area contributed by atoms with E-state index >= 15 is 0 Å².